The molecule has 0 amide bonds. The van der Waals surface area contributed by atoms with Crippen LogP contribution < -0.4 is 4.90 Å². The molecule has 0 bridgehead atoms. The van der Waals surface area contributed by atoms with Gasteiger partial charge in [-0.15, -0.1) is 5.10 Å². The van der Waals surface area contributed by atoms with E-state index in [9.17, 15) is 4.79 Å². The molecule has 1 rings (SSSR count). The summed E-state index contributed by atoms with van der Waals surface area (Å²) in [4.78, 5) is 13.0. The van der Waals surface area contributed by atoms with Crippen molar-refractivity contribution in [3.8, 4) is 0 Å². The van der Waals surface area contributed by atoms with E-state index in [1.807, 2.05) is 11.8 Å². The van der Waals surface area contributed by atoms with Crippen LogP contribution in [0.15, 0.2) is 12.3 Å². The molecule has 0 saturated heterocycles. The number of anilines is 1. The molecule has 5 heteroatoms. The van der Waals surface area contributed by atoms with Crippen LogP contribution in [0.4, 0.5) is 5.82 Å². The minimum atomic E-state index is -0.958. The van der Waals surface area contributed by atoms with Crippen molar-refractivity contribution in [1.29, 1.82) is 0 Å². The highest BCUT2D eigenvalue weighted by atomic mass is 16.4. The van der Waals surface area contributed by atoms with Crippen LogP contribution in [-0.2, 0) is 0 Å². The summed E-state index contributed by atoms with van der Waals surface area (Å²) in [5.74, 6) is -0.495. The number of aromatic carboxylic acids is 1. The Hall–Kier alpha value is -1.65. The van der Waals surface area contributed by atoms with Crippen molar-refractivity contribution < 1.29 is 9.90 Å². The number of carbonyl (C=O) groups is 1. The fourth-order valence-corrected chi connectivity index (χ4v) is 1.49. The SMILES string of the molecule is CCCCN(CC)c1nnccc1C(=O)O. The third kappa shape index (κ3) is 2.92. The number of unbranched alkanes of at least 4 members (excludes halogenated alkanes) is 1. The molecule has 0 atom stereocenters. The van der Waals surface area contributed by atoms with Crippen LogP contribution >= 0.6 is 0 Å². The lowest BCUT2D eigenvalue weighted by Crippen LogP contribution is -2.27. The number of hydrogen-bond acceptors (Lipinski definition) is 4. The fraction of sp³-hybridized carbons (Fsp3) is 0.545. The Labute approximate surface area is 95.1 Å². The van der Waals surface area contributed by atoms with Crippen molar-refractivity contribution in [2.75, 3.05) is 18.0 Å². The Morgan fingerprint density at radius 1 is 1.50 bits per heavy atom. The van der Waals surface area contributed by atoms with Crippen molar-refractivity contribution in [2.24, 2.45) is 0 Å². The van der Waals surface area contributed by atoms with Crippen LogP contribution in [0.25, 0.3) is 0 Å². The summed E-state index contributed by atoms with van der Waals surface area (Å²) >= 11 is 0. The van der Waals surface area contributed by atoms with E-state index in [0.717, 1.165) is 25.9 Å². The first kappa shape index (κ1) is 12.4. The number of nitrogens with zero attached hydrogens (tertiary/aromatic N) is 3. The van der Waals surface area contributed by atoms with Gasteiger partial charge in [0.1, 0.15) is 5.56 Å². The molecule has 0 spiro atoms. The molecule has 0 fully saturated rings. The van der Waals surface area contributed by atoms with Crippen molar-refractivity contribution in [1.82, 2.24) is 10.2 Å². The van der Waals surface area contributed by atoms with E-state index in [4.69, 9.17) is 5.11 Å². The van der Waals surface area contributed by atoms with Gasteiger partial charge >= 0.3 is 5.97 Å². The Kier molecular flexibility index (Phi) is 4.69. The highest BCUT2D eigenvalue weighted by molar-refractivity contribution is 5.93. The molecule has 0 radical (unpaired) electrons. The summed E-state index contributed by atoms with van der Waals surface area (Å²) < 4.78 is 0. The van der Waals surface area contributed by atoms with E-state index in [1.165, 1.54) is 12.3 Å². The molecular formula is C11H17N3O2. The molecule has 0 aliphatic rings. The minimum Gasteiger partial charge on any atom is -0.478 e. The van der Waals surface area contributed by atoms with Crippen LogP contribution in [0, 0.1) is 0 Å². The first-order valence-corrected chi connectivity index (χ1v) is 5.50. The Morgan fingerprint density at radius 2 is 2.25 bits per heavy atom. The van der Waals surface area contributed by atoms with Crippen LogP contribution in [0.1, 0.15) is 37.0 Å². The van der Waals surface area contributed by atoms with Crippen molar-refractivity contribution in [3.05, 3.63) is 17.8 Å². The van der Waals surface area contributed by atoms with E-state index >= 15 is 0 Å². The molecule has 0 aliphatic heterocycles. The average molecular weight is 223 g/mol. The Balaban J connectivity index is 2.94. The van der Waals surface area contributed by atoms with Gasteiger partial charge in [-0.2, -0.15) is 5.10 Å². The Bertz CT molecular complexity index is 355. The monoisotopic (exact) mass is 223 g/mol. The summed E-state index contributed by atoms with van der Waals surface area (Å²) in [6.07, 6.45) is 3.49. The topological polar surface area (TPSA) is 66.3 Å². The molecule has 0 unspecified atom stereocenters. The number of rotatable bonds is 6. The van der Waals surface area contributed by atoms with Gasteiger partial charge in [-0.1, -0.05) is 13.3 Å². The smallest absolute Gasteiger partial charge is 0.339 e. The summed E-state index contributed by atoms with van der Waals surface area (Å²) in [5.41, 5.74) is 0.216. The molecular weight excluding hydrogens is 206 g/mol. The van der Waals surface area contributed by atoms with E-state index < -0.39 is 5.97 Å². The van der Waals surface area contributed by atoms with E-state index in [0.29, 0.717) is 5.82 Å². The fourth-order valence-electron chi connectivity index (χ4n) is 1.49. The zero-order valence-corrected chi connectivity index (χ0v) is 9.68. The molecule has 0 saturated carbocycles. The maximum absolute atomic E-state index is 11.0. The van der Waals surface area contributed by atoms with Crippen molar-refractivity contribution in [2.45, 2.75) is 26.7 Å². The number of carboxylic acids is 1. The van der Waals surface area contributed by atoms with Gasteiger partial charge in [0.05, 0.1) is 6.20 Å². The summed E-state index contributed by atoms with van der Waals surface area (Å²) in [6, 6.07) is 1.49. The lowest BCUT2D eigenvalue weighted by molar-refractivity contribution is 0.0697. The molecule has 1 heterocycles. The second kappa shape index (κ2) is 6.05. The molecule has 5 nitrogen and oxygen atoms in total. The van der Waals surface area contributed by atoms with Gasteiger partial charge in [-0.05, 0) is 19.4 Å². The molecule has 0 aromatic carbocycles. The maximum Gasteiger partial charge on any atom is 0.339 e. The maximum atomic E-state index is 11.0. The molecule has 88 valence electrons. The Morgan fingerprint density at radius 3 is 2.81 bits per heavy atom. The second-order valence-corrected chi connectivity index (χ2v) is 3.51. The van der Waals surface area contributed by atoms with Crippen molar-refractivity contribution in [3.63, 3.8) is 0 Å². The third-order valence-electron chi connectivity index (χ3n) is 2.39. The summed E-state index contributed by atoms with van der Waals surface area (Å²) in [7, 11) is 0. The van der Waals surface area contributed by atoms with Gasteiger partial charge in [0.2, 0.25) is 0 Å². The van der Waals surface area contributed by atoms with Gasteiger partial charge in [0.15, 0.2) is 5.82 Å². The van der Waals surface area contributed by atoms with Crippen molar-refractivity contribution >= 4 is 11.8 Å². The van der Waals surface area contributed by atoms with E-state index in [1.54, 1.807) is 0 Å². The van der Waals surface area contributed by atoms with Gasteiger partial charge in [0.25, 0.3) is 0 Å². The zero-order valence-electron chi connectivity index (χ0n) is 9.68. The van der Waals surface area contributed by atoms with Crippen LogP contribution in [0.5, 0.6) is 0 Å². The van der Waals surface area contributed by atoms with Crippen LogP contribution in [0.3, 0.4) is 0 Å². The van der Waals surface area contributed by atoms with Crippen LogP contribution in [0.2, 0.25) is 0 Å². The highest BCUT2D eigenvalue weighted by Crippen LogP contribution is 2.16. The molecule has 1 N–H and O–H groups in total. The first-order chi connectivity index (χ1) is 7.70. The van der Waals surface area contributed by atoms with Gasteiger partial charge in [-0.25, -0.2) is 4.79 Å². The number of carboxylic acid groups (broad SMARTS) is 1. The van der Waals surface area contributed by atoms with Crippen LogP contribution in [-0.4, -0.2) is 34.4 Å². The third-order valence-corrected chi connectivity index (χ3v) is 2.39. The molecule has 16 heavy (non-hydrogen) atoms. The molecule has 0 aliphatic carbocycles. The van der Waals surface area contributed by atoms with E-state index in [-0.39, 0.29) is 5.56 Å². The molecule has 1 aromatic heterocycles. The minimum absolute atomic E-state index is 0.216. The summed E-state index contributed by atoms with van der Waals surface area (Å²) in [6.45, 7) is 5.63. The predicted molar refractivity (Wildman–Crippen MR) is 61.8 cm³/mol. The highest BCUT2D eigenvalue weighted by Gasteiger charge is 2.16. The zero-order chi connectivity index (χ0) is 12.0. The largest absolute Gasteiger partial charge is 0.478 e. The number of aromatic nitrogens is 2. The standard InChI is InChI=1S/C11H17N3O2/c1-3-5-8-14(4-2)10-9(11(15)16)6-7-12-13-10/h6-7H,3-5,8H2,1-2H3,(H,15,16). The quantitative estimate of drug-likeness (QED) is 0.796. The average Bonchev–Trinajstić information content (AvgIpc) is 2.30. The van der Waals surface area contributed by atoms with Gasteiger partial charge in [0, 0.05) is 13.1 Å². The predicted octanol–water partition coefficient (Wildman–Crippen LogP) is 1.80. The lowest BCUT2D eigenvalue weighted by atomic mass is 10.2. The van der Waals surface area contributed by atoms with Gasteiger partial charge in [-0.3, -0.25) is 0 Å². The normalized spacial score (nSPS) is 10.1. The number of hydrogen-bond donors (Lipinski definition) is 1. The second-order valence-electron chi connectivity index (χ2n) is 3.51. The van der Waals surface area contributed by atoms with E-state index in [2.05, 4.69) is 17.1 Å². The molecule has 1 aromatic rings. The first-order valence-electron chi connectivity index (χ1n) is 5.50. The lowest BCUT2D eigenvalue weighted by Gasteiger charge is -2.22. The summed E-state index contributed by atoms with van der Waals surface area (Å²) in [5, 5.41) is 16.7. The van der Waals surface area contributed by atoms with Gasteiger partial charge < -0.3 is 10.0 Å².